The molecule has 0 amide bonds. The lowest BCUT2D eigenvalue weighted by Crippen LogP contribution is -2.26. The van der Waals surface area contributed by atoms with Crippen molar-refractivity contribution in [1.29, 1.82) is 0 Å². The summed E-state index contributed by atoms with van der Waals surface area (Å²) < 4.78 is 0. The summed E-state index contributed by atoms with van der Waals surface area (Å²) in [6.07, 6.45) is -1.35. The molecule has 3 N–H and O–H groups in total. The molecule has 6 heteroatoms. The number of hydrogen-bond donors (Lipinski definition) is 3. The SMILES string of the molecule is O=C(O)C[C@H](O)C1=CC(=O)c2c(O)cccc2C1=O. The molecule has 1 aliphatic carbocycles. The number of rotatable bonds is 3. The summed E-state index contributed by atoms with van der Waals surface area (Å²) in [6, 6.07) is 4.01. The number of phenols is 1. The topological polar surface area (TPSA) is 112 Å². The number of aliphatic hydroxyl groups is 1. The highest BCUT2D eigenvalue weighted by Gasteiger charge is 2.31. The van der Waals surface area contributed by atoms with Gasteiger partial charge in [0.1, 0.15) is 5.75 Å². The number of aliphatic carboxylic acids is 1. The third-order valence-corrected chi connectivity index (χ3v) is 2.81. The third kappa shape index (κ3) is 2.25. The summed E-state index contributed by atoms with van der Waals surface area (Å²) >= 11 is 0. The molecule has 1 aromatic rings. The molecule has 0 saturated carbocycles. The zero-order chi connectivity index (χ0) is 14.2. The lowest BCUT2D eigenvalue weighted by atomic mass is 9.86. The number of ketones is 2. The van der Waals surface area contributed by atoms with Crippen LogP contribution in [0.5, 0.6) is 5.75 Å². The molecule has 98 valence electrons. The minimum atomic E-state index is -1.55. The van der Waals surface area contributed by atoms with Crippen LogP contribution in [0.15, 0.2) is 29.8 Å². The summed E-state index contributed by atoms with van der Waals surface area (Å²) in [4.78, 5) is 34.4. The number of Topliss-reactive ketones (excluding diaryl/α,β-unsaturated/α-hetero) is 1. The van der Waals surface area contributed by atoms with Gasteiger partial charge in [-0.2, -0.15) is 0 Å². The van der Waals surface area contributed by atoms with Gasteiger partial charge in [-0.1, -0.05) is 12.1 Å². The van der Waals surface area contributed by atoms with Gasteiger partial charge in [-0.05, 0) is 12.1 Å². The van der Waals surface area contributed by atoms with E-state index in [9.17, 15) is 24.6 Å². The first-order valence-corrected chi connectivity index (χ1v) is 5.44. The van der Waals surface area contributed by atoms with Crippen molar-refractivity contribution < 1.29 is 29.7 Å². The number of carbonyl (C=O) groups is 3. The van der Waals surface area contributed by atoms with Crippen molar-refractivity contribution in [3.8, 4) is 5.75 Å². The van der Waals surface area contributed by atoms with Crippen molar-refractivity contribution >= 4 is 17.5 Å². The standard InChI is InChI=1S/C13H10O6/c14-8-3-1-2-6-12(8)10(16)4-7(13(6)19)9(15)5-11(17)18/h1-4,9,14-15H,5H2,(H,17,18)/t9-/m0/s1. The predicted molar refractivity (Wildman–Crippen MR) is 63.1 cm³/mol. The number of phenolic OH excluding ortho intramolecular Hbond substituents is 1. The lowest BCUT2D eigenvalue weighted by molar-refractivity contribution is -0.138. The van der Waals surface area contributed by atoms with E-state index in [-0.39, 0.29) is 22.4 Å². The van der Waals surface area contributed by atoms with Gasteiger partial charge in [0, 0.05) is 11.1 Å². The molecule has 0 saturated heterocycles. The molecule has 0 radical (unpaired) electrons. The normalized spacial score (nSPS) is 15.7. The van der Waals surface area contributed by atoms with Gasteiger partial charge in [0.25, 0.3) is 0 Å². The minimum absolute atomic E-state index is 0.0352. The first kappa shape index (κ1) is 13.0. The van der Waals surface area contributed by atoms with Crippen LogP contribution >= 0.6 is 0 Å². The van der Waals surface area contributed by atoms with Crippen molar-refractivity contribution in [2.24, 2.45) is 0 Å². The molecule has 1 aliphatic rings. The number of carboxylic acids is 1. The maximum Gasteiger partial charge on any atom is 0.306 e. The van der Waals surface area contributed by atoms with Gasteiger partial charge in [0.2, 0.25) is 0 Å². The maximum atomic E-state index is 12.1. The molecule has 6 nitrogen and oxygen atoms in total. The van der Waals surface area contributed by atoms with Gasteiger partial charge in [0.05, 0.1) is 18.1 Å². The highest BCUT2D eigenvalue weighted by atomic mass is 16.4. The van der Waals surface area contributed by atoms with Crippen LogP contribution in [-0.2, 0) is 4.79 Å². The first-order valence-electron chi connectivity index (χ1n) is 5.44. The first-order chi connectivity index (χ1) is 8.91. The van der Waals surface area contributed by atoms with E-state index in [1.165, 1.54) is 18.2 Å². The van der Waals surface area contributed by atoms with Gasteiger partial charge >= 0.3 is 5.97 Å². The second kappa shape index (κ2) is 4.66. The van der Waals surface area contributed by atoms with Gasteiger partial charge in [-0.25, -0.2) is 0 Å². The van der Waals surface area contributed by atoms with Crippen LogP contribution in [0.25, 0.3) is 0 Å². The molecule has 0 fully saturated rings. The zero-order valence-corrected chi connectivity index (χ0v) is 9.66. The van der Waals surface area contributed by atoms with Crippen molar-refractivity contribution in [3.63, 3.8) is 0 Å². The molecule has 0 heterocycles. The lowest BCUT2D eigenvalue weighted by Gasteiger charge is -2.18. The summed E-state index contributed by atoms with van der Waals surface area (Å²) in [5.41, 5.74) is -0.434. The van der Waals surface area contributed by atoms with Gasteiger partial charge < -0.3 is 15.3 Å². The van der Waals surface area contributed by atoms with Crippen LogP contribution in [0.2, 0.25) is 0 Å². The summed E-state index contributed by atoms with van der Waals surface area (Å²) in [7, 11) is 0. The maximum absolute atomic E-state index is 12.1. The number of aliphatic hydroxyl groups excluding tert-OH is 1. The summed E-state index contributed by atoms with van der Waals surface area (Å²) in [5.74, 6) is -2.89. The van der Waals surface area contributed by atoms with E-state index < -0.39 is 30.1 Å². The Labute approximate surface area is 107 Å². The highest BCUT2D eigenvalue weighted by molar-refractivity contribution is 6.25. The Kier molecular flexibility index (Phi) is 3.18. The van der Waals surface area contributed by atoms with Crippen LogP contribution in [0.3, 0.4) is 0 Å². The number of carbonyl (C=O) groups excluding carboxylic acids is 2. The number of hydrogen-bond acceptors (Lipinski definition) is 5. The molecule has 2 rings (SSSR count). The highest BCUT2D eigenvalue weighted by Crippen LogP contribution is 2.29. The molecule has 0 unspecified atom stereocenters. The summed E-state index contributed by atoms with van der Waals surface area (Å²) in [6.45, 7) is 0. The van der Waals surface area contributed by atoms with Crippen LogP contribution in [0.4, 0.5) is 0 Å². The van der Waals surface area contributed by atoms with E-state index in [0.29, 0.717) is 0 Å². The van der Waals surface area contributed by atoms with E-state index in [2.05, 4.69) is 0 Å². The zero-order valence-electron chi connectivity index (χ0n) is 9.66. The molecule has 0 spiro atoms. The molecule has 19 heavy (non-hydrogen) atoms. The van der Waals surface area contributed by atoms with Crippen LogP contribution in [0.1, 0.15) is 27.1 Å². The second-order valence-electron chi connectivity index (χ2n) is 4.11. The molecule has 0 aliphatic heterocycles. The van der Waals surface area contributed by atoms with Gasteiger partial charge in [-0.3, -0.25) is 14.4 Å². The Balaban J connectivity index is 2.45. The molecule has 1 atom stereocenters. The fraction of sp³-hybridized carbons (Fsp3) is 0.154. The number of aromatic hydroxyl groups is 1. The smallest absolute Gasteiger partial charge is 0.306 e. The van der Waals surface area contributed by atoms with Crippen molar-refractivity contribution in [3.05, 3.63) is 41.0 Å². The Bertz CT molecular complexity index is 614. The van der Waals surface area contributed by atoms with E-state index >= 15 is 0 Å². The van der Waals surface area contributed by atoms with Crippen LogP contribution in [-0.4, -0.2) is 39.0 Å². The molecule has 0 aromatic heterocycles. The molecular formula is C13H10O6. The molecule has 1 aromatic carbocycles. The molecular weight excluding hydrogens is 252 g/mol. The van der Waals surface area contributed by atoms with Crippen LogP contribution in [0, 0.1) is 0 Å². The van der Waals surface area contributed by atoms with Crippen LogP contribution < -0.4 is 0 Å². The van der Waals surface area contributed by atoms with Crippen molar-refractivity contribution in [1.82, 2.24) is 0 Å². The number of allylic oxidation sites excluding steroid dienone is 1. The Morgan fingerprint density at radius 1 is 1.26 bits per heavy atom. The van der Waals surface area contributed by atoms with E-state index in [0.717, 1.165) is 6.08 Å². The number of benzene rings is 1. The summed E-state index contributed by atoms with van der Waals surface area (Å²) in [5, 5.41) is 27.8. The quantitative estimate of drug-likeness (QED) is 0.732. The van der Waals surface area contributed by atoms with Crippen molar-refractivity contribution in [2.75, 3.05) is 0 Å². The number of fused-ring (bicyclic) bond motifs is 1. The average Bonchev–Trinajstić information content (AvgIpc) is 2.32. The monoisotopic (exact) mass is 262 g/mol. The van der Waals surface area contributed by atoms with E-state index in [4.69, 9.17) is 5.11 Å². The van der Waals surface area contributed by atoms with E-state index in [1.807, 2.05) is 0 Å². The second-order valence-corrected chi connectivity index (χ2v) is 4.11. The average molecular weight is 262 g/mol. The fourth-order valence-electron chi connectivity index (χ4n) is 1.95. The Morgan fingerprint density at radius 2 is 1.95 bits per heavy atom. The van der Waals surface area contributed by atoms with Gasteiger partial charge in [-0.15, -0.1) is 0 Å². The van der Waals surface area contributed by atoms with Crippen molar-refractivity contribution in [2.45, 2.75) is 12.5 Å². The molecule has 0 bridgehead atoms. The number of carboxylic acid groups (broad SMARTS) is 1. The van der Waals surface area contributed by atoms with E-state index in [1.54, 1.807) is 0 Å². The van der Waals surface area contributed by atoms with Gasteiger partial charge in [0.15, 0.2) is 11.6 Å². The minimum Gasteiger partial charge on any atom is -0.507 e. The Hall–Kier alpha value is -2.47. The predicted octanol–water partition coefficient (Wildman–Crippen LogP) is 0.533. The Morgan fingerprint density at radius 3 is 2.58 bits per heavy atom. The fourth-order valence-corrected chi connectivity index (χ4v) is 1.95. The largest absolute Gasteiger partial charge is 0.507 e. The third-order valence-electron chi connectivity index (χ3n) is 2.81.